The molecule has 0 saturated carbocycles. The van der Waals surface area contributed by atoms with Crippen LogP contribution in [0.4, 0.5) is 4.39 Å². The van der Waals surface area contributed by atoms with E-state index in [1.54, 1.807) is 17.4 Å². The first kappa shape index (κ1) is 18.8. The first-order chi connectivity index (χ1) is 12.2. The van der Waals surface area contributed by atoms with Crippen molar-refractivity contribution in [3.05, 3.63) is 63.1 Å². The maximum atomic E-state index is 13.3. The van der Waals surface area contributed by atoms with Crippen molar-refractivity contribution >= 4 is 26.3 Å². The zero-order valence-corrected chi connectivity index (χ0v) is 16.2. The molecule has 5 nitrogen and oxygen atoms in total. The minimum Gasteiger partial charge on any atom is -0.271 e. The molecule has 1 atom stereocenters. The SMILES string of the molecule is CCC(OS(C)(=O)=O)c1cc2scc(C)n2c(=O)c1-c1ccc(F)cc1. The van der Waals surface area contributed by atoms with E-state index in [9.17, 15) is 17.6 Å². The summed E-state index contributed by atoms with van der Waals surface area (Å²) in [5, 5.41) is 1.85. The van der Waals surface area contributed by atoms with E-state index in [1.807, 2.05) is 12.3 Å². The summed E-state index contributed by atoms with van der Waals surface area (Å²) >= 11 is 1.39. The van der Waals surface area contributed by atoms with Crippen molar-refractivity contribution < 1.29 is 17.0 Å². The number of aryl methyl sites for hydroxylation is 1. The summed E-state index contributed by atoms with van der Waals surface area (Å²) in [6.07, 6.45) is 0.542. The second-order valence-electron chi connectivity index (χ2n) is 6.03. The van der Waals surface area contributed by atoms with Crippen LogP contribution in [0, 0.1) is 12.7 Å². The molecule has 138 valence electrons. The lowest BCUT2D eigenvalue weighted by Crippen LogP contribution is -2.21. The quantitative estimate of drug-likeness (QED) is 0.615. The average Bonchev–Trinajstić information content (AvgIpc) is 2.94. The molecule has 26 heavy (non-hydrogen) atoms. The molecule has 1 unspecified atom stereocenters. The van der Waals surface area contributed by atoms with Crippen LogP contribution in [0.3, 0.4) is 0 Å². The minimum atomic E-state index is -3.72. The third-order valence-electron chi connectivity index (χ3n) is 4.05. The summed E-state index contributed by atoms with van der Waals surface area (Å²) in [5.74, 6) is -0.414. The Bertz CT molecular complexity index is 1110. The van der Waals surface area contributed by atoms with Gasteiger partial charge in [-0.1, -0.05) is 19.1 Å². The van der Waals surface area contributed by atoms with Gasteiger partial charge in [0.2, 0.25) is 0 Å². The van der Waals surface area contributed by atoms with Gasteiger partial charge in [0.1, 0.15) is 16.8 Å². The van der Waals surface area contributed by atoms with Crippen molar-refractivity contribution in [2.75, 3.05) is 6.26 Å². The fraction of sp³-hybridized carbons (Fsp3) is 0.278. The smallest absolute Gasteiger partial charge is 0.264 e. The highest BCUT2D eigenvalue weighted by atomic mass is 32.2. The molecule has 0 aliphatic heterocycles. The summed E-state index contributed by atoms with van der Waals surface area (Å²) in [6.45, 7) is 3.61. The highest BCUT2D eigenvalue weighted by Gasteiger charge is 2.24. The second-order valence-corrected chi connectivity index (χ2v) is 8.53. The van der Waals surface area contributed by atoms with Crippen LogP contribution in [0.25, 0.3) is 16.0 Å². The van der Waals surface area contributed by atoms with Gasteiger partial charge in [-0.25, -0.2) is 4.39 Å². The number of hydrogen-bond donors (Lipinski definition) is 0. The zero-order valence-electron chi connectivity index (χ0n) is 14.5. The van der Waals surface area contributed by atoms with Crippen molar-refractivity contribution in [3.63, 3.8) is 0 Å². The molecule has 8 heteroatoms. The number of pyridine rings is 1. The number of thiazole rings is 1. The molecule has 1 aromatic carbocycles. The van der Waals surface area contributed by atoms with Crippen LogP contribution in [0.2, 0.25) is 0 Å². The second kappa shape index (κ2) is 6.94. The van der Waals surface area contributed by atoms with Crippen LogP contribution in [0.5, 0.6) is 0 Å². The summed E-state index contributed by atoms with van der Waals surface area (Å²) in [6, 6.07) is 7.34. The Labute approximate surface area is 154 Å². The van der Waals surface area contributed by atoms with Crippen LogP contribution in [0.1, 0.15) is 30.7 Å². The van der Waals surface area contributed by atoms with Crippen LogP contribution in [-0.2, 0) is 14.3 Å². The van der Waals surface area contributed by atoms with Gasteiger partial charge >= 0.3 is 0 Å². The Morgan fingerprint density at radius 2 is 1.92 bits per heavy atom. The number of aromatic nitrogens is 1. The van der Waals surface area contributed by atoms with E-state index in [2.05, 4.69) is 0 Å². The largest absolute Gasteiger partial charge is 0.271 e. The molecule has 2 aromatic heterocycles. The lowest BCUT2D eigenvalue weighted by Gasteiger charge is -2.19. The molecule has 3 rings (SSSR count). The van der Waals surface area contributed by atoms with E-state index < -0.39 is 22.0 Å². The number of nitrogens with zero attached hydrogens (tertiary/aromatic N) is 1. The van der Waals surface area contributed by atoms with Crippen molar-refractivity contribution in [1.82, 2.24) is 4.40 Å². The Kier molecular flexibility index (Phi) is 5.01. The number of rotatable bonds is 5. The standard InChI is InChI=1S/C18H18FNO4S2/c1-4-15(24-26(3,22)23)14-9-16-20(11(2)10-25-16)18(21)17(14)12-5-7-13(19)8-6-12/h5-10,15H,4H2,1-3H3. The van der Waals surface area contributed by atoms with Crippen molar-refractivity contribution in [2.45, 2.75) is 26.4 Å². The van der Waals surface area contributed by atoms with E-state index in [4.69, 9.17) is 4.18 Å². The van der Waals surface area contributed by atoms with Crippen LogP contribution >= 0.6 is 11.3 Å². The van der Waals surface area contributed by atoms with Gasteiger partial charge in [-0.05, 0) is 42.7 Å². The molecule has 0 radical (unpaired) electrons. The zero-order chi connectivity index (χ0) is 19.1. The van der Waals surface area contributed by atoms with Gasteiger partial charge in [0, 0.05) is 11.1 Å². The topological polar surface area (TPSA) is 64.8 Å². The van der Waals surface area contributed by atoms with Crippen LogP contribution < -0.4 is 5.56 Å². The van der Waals surface area contributed by atoms with Gasteiger partial charge in [-0.3, -0.25) is 13.4 Å². The molecule has 0 bridgehead atoms. The summed E-state index contributed by atoms with van der Waals surface area (Å²) < 4.78 is 43.5. The summed E-state index contributed by atoms with van der Waals surface area (Å²) in [4.78, 5) is 13.9. The van der Waals surface area contributed by atoms with E-state index >= 15 is 0 Å². The number of hydrogen-bond acceptors (Lipinski definition) is 5. The predicted octanol–water partition coefficient (Wildman–Crippen LogP) is 3.90. The first-order valence-electron chi connectivity index (χ1n) is 7.99. The third-order valence-corrected chi connectivity index (χ3v) is 5.63. The van der Waals surface area contributed by atoms with Crippen LogP contribution in [-0.4, -0.2) is 19.1 Å². The molecule has 0 aliphatic carbocycles. The molecule has 3 aromatic rings. The van der Waals surface area contributed by atoms with Crippen molar-refractivity contribution in [1.29, 1.82) is 0 Å². The maximum absolute atomic E-state index is 13.3. The van der Waals surface area contributed by atoms with Crippen LogP contribution in [0.15, 0.2) is 40.5 Å². The first-order valence-corrected chi connectivity index (χ1v) is 10.7. The highest BCUT2D eigenvalue weighted by Crippen LogP contribution is 2.33. The Morgan fingerprint density at radius 3 is 2.50 bits per heavy atom. The summed E-state index contributed by atoms with van der Waals surface area (Å²) in [5.41, 5.74) is 1.82. The van der Waals surface area contributed by atoms with E-state index in [0.717, 1.165) is 11.9 Å². The predicted molar refractivity (Wildman–Crippen MR) is 101 cm³/mol. The van der Waals surface area contributed by atoms with Crippen molar-refractivity contribution in [2.24, 2.45) is 0 Å². The van der Waals surface area contributed by atoms with E-state index in [0.29, 0.717) is 27.9 Å². The Morgan fingerprint density at radius 1 is 1.27 bits per heavy atom. The minimum absolute atomic E-state index is 0.279. The van der Waals surface area contributed by atoms with Crippen molar-refractivity contribution in [3.8, 4) is 11.1 Å². The van der Waals surface area contributed by atoms with Gasteiger partial charge in [0.25, 0.3) is 15.7 Å². The normalized spacial score (nSPS) is 13.2. The Balaban J connectivity index is 2.34. The number of fused-ring (bicyclic) bond motifs is 1. The number of halogens is 1. The molecule has 0 spiro atoms. The monoisotopic (exact) mass is 395 g/mol. The van der Waals surface area contributed by atoms with Gasteiger partial charge in [0.05, 0.1) is 11.8 Å². The average molecular weight is 395 g/mol. The molecule has 0 aliphatic rings. The molecular weight excluding hydrogens is 377 g/mol. The lowest BCUT2D eigenvalue weighted by molar-refractivity contribution is 0.212. The van der Waals surface area contributed by atoms with Gasteiger partial charge in [0.15, 0.2) is 0 Å². The fourth-order valence-corrected chi connectivity index (χ4v) is 4.52. The third kappa shape index (κ3) is 3.58. The van der Waals surface area contributed by atoms with Gasteiger partial charge in [-0.2, -0.15) is 8.42 Å². The Hall–Kier alpha value is -2.03. The molecular formula is C18H18FNO4S2. The fourth-order valence-electron chi connectivity index (χ4n) is 2.94. The van der Waals surface area contributed by atoms with E-state index in [-0.39, 0.29) is 5.56 Å². The molecule has 0 fully saturated rings. The molecule has 2 heterocycles. The van der Waals surface area contributed by atoms with Gasteiger partial charge in [-0.15, -0.1) is 11.3 Å². The highest BCUT2D eigenvalue weighted by molar-refractivity contribution is 7.86. The molecule has 0 amide bonds. The molecule has 0 N–H and O–H groups in total. The van der Waals surface area contributed by atoms with E-state index in [1.165, 1.54) is 35.6 Å². The van der Waals surface area contributed by atoms with Gasteiger partial charge < -0.3 is 0 Å². The summed E-state index contributed by atoms with van der Waals surface area (Å²) in [7, 11) is -3.72. The molecule has 0 saturated heterocycles. The number of benzene rings is 1. The lowest BCUT2D eigenvalue weighted by atomic mass is 9.96. The maximum Gasteiger partial charge on any atom is 0.264 e.